The van der Waals surface area contributed by atoms with Gasteiger partial charge in [-0.1, -0.05) is 42.0 Å². The molecule has 1 aliphatic rings. The molecule has 0 aliphatic heterocycles. The molecule has 0 heterocycles. The van der Waals surface area contributed by atoms with Crippen molar-refractivity contribution in [1.29, 1.82) is 0 Å². The Kier molecular flexibility index (Phi) is 3.87. The Bertz CT molecular complexity index is 804. The Hall–Kier alpha value is -1.94. The number of aryl methyl sites for hydroxylation is 2. The number of hydrogen-bond donors (Lipinski definition) is 0. The number of carbonyl (C=O) groups is 1. The summed E-state index contributed by atoms with van der Waals surface area (Å²) < 4.78 is 25.0. The molecule has 3 rings (SSSR count). The molecule has 2 aromatic carbocycles. The Morgan fingerprint density at radius 3 is 2.45 bits per heavy atom. The van der Waals surface area contributed by atoms with E-state index in [4.69, 9.17) is 0 Å². The third-order valence-corrected chi connectivity index (χ3v) is 6.05. The van der Waals surface area contributed by atoms with Crippen LogP contribution in [0.4, 0.5) is 0 Å². The van der Waals surface area contributed by atoms with E-state index in [1.807, 2.05) is 25.1 Å². The minimum absolute atomic E-state index is 0.0439. The SMILES string of the molecule is Cc1ccc(S(=O)(=O)C[C@@H]2CCc3ccccc3C2=O)cc1. The first-order valence-corrected chi connectivity index (χ1v) is 9.04. The van der Waals surface area contributed by atoms with E-state index in [0.29, 0.717) is 16.9 Å². The third-order valence-electron chi connectivity index (χ3n) is 4.22. The van der Waals surface area contributed by atoms with E-state index >= 15 is 0 Å². The van der Waals surface area contributed by atoms with Crippen molar-refractivity contribution in [3.05, 3.63) is 65.2 Å². The van der Waals surface area contributed by atoms with E-state index < -0.39 is 15.8 Å². The van der Waals surface area contributed by atoms with Gasteiger partial charge >= 0.3 is 0 Å². The van der Waals surface area contributed by atoms with E-state index in [1.54, 1.807) is 30.3 Å². The molecule has 22 heavy (non-hydrogen) atoms. The lowest BCUT2D eigenvalue weighted by molar-refractivity contribution is 0.0915. The fourth-order valence-corrected chi connectivity index (χ4v) is 4.52. The second-order valence-corrected chi connectivity index (χ2v) is 7.89. The number of hydrogen-bond acceptors (Lipinski definition) is 3. The molecular weight excluding hydrogens is 296 g/mol. The van der Waals surface area contributed by atoms with Gasteiger partial charge in [-0.15, -0.1) is 0 Å². The zero-order valence-corrected chi connectivity index (χ0v) is 13.3. The van der Waals surface area contributed by atoms with Gasteiger partial charge in [0.15, 0.2) is 15.6 Å². The van der Waals surface area contributed by atoms with Gasteiger partial charge in [0.25, 0.3) is 0 Å². The standard InChI is InChI=1S/C18H18O3S/c1-13-6-10-16(11-7-13)22(20,21)12-15-9-8-14-4-2-3-5-17(14)18(15)19/h2-7,10-11,15H,8-9,12H2,1H3/t15-/m0/s1. The number of rotatable bonds is 3. The first-order chi connectivity index (χ1) is 10.5. The van der Waals surface area contributed by atoms with E-state index in [2.05, 4.69) is 0 Å². The van der Waals surface area contributed by atoms with Gasteiger partial charge in [-0.2, -0.15) is 0 Å². The number of carbonyl (C=O) groups excluding carboxylic acids is 1. The van der Waals surface area contributed by atoms with Crippen LogP contribution in [0.25, 0.3) is 0 Å². The van der Waals surface area contributed by atoms with Crippen LogP contribution >= 0.6 is 0 Å². The van der Waals surface area contributed by atoms with E-state index in [9.17, 15) is 13.2 Å². The summed E-state index contributed by atoms with van der Waals surface area (Å²) in [6.07, 6.45) is 1.36. The van der Waals surface area contributed by atoms with Crippen molar-refractivity contribution < 1.29 is 13.2 Å². The molecular formula is C18H18O3S. The maximum Gasteiger partial charge on any atom is 0.179 e. The summed E-state index contributed by atoms with van der Waals surface area (Å²) in [5.41, 5.74) is 2.72. The van der Waals surface area contributed by atoms with Crippen LogP contribution in [0.2, 0.25) is 0 Å². The molecule has 0 saturated heterocycles. The van der Waals surface area contributed by atoms with Gasteiger partial charge in [0.2, 0.25) is 0 Å². The number of benzene rings is 2. The summed E-state index contributed by atoms with van der Waals surface area (Å²) in [5.74, 6) is -0.595. The van der Waals surface area contributed by atoms with Crippen LogP contribution in [-0.2, 0) is 16.3 Å². The molecule has 0 radical (unpaired) electrons. The summed E-state index contributed by atoms with van der Waals surface area (Å²) >= 11 is 0. The lowest BCUT2D eigenvalue weighted by Crippen LogP contribution is -2.29. The van der Waals surface area contributed by atoms with E-state index in [-0.39, 0.29) is 11.5 Å². The quantitative estimate of drug-likeness (QED) is 0.874. The van der Waals surface area contributed by atoms with Crippen molar-refractivity contribution in [2.24, 2.45) is 5.92 Å². The molecule has 0 unspecified atom stereocenters. The minimum Gasteiger partial charge on any atom is -0.294 e. The molecule has 4 heteroatoms. The highest BCUT2D eigenvalue weighted by atomic mass is 32.2. The van der Waals surface area contributed by atoms with Crippen molar-refractivity contribution >= 4 is 15.6 Å². The highest BCUT2D eigenvalue weighted by Gasteiger charge is 2.31. The maximum absolute atomic E-state index is 12.5. The molecule has 1 aliphatic carbocycles. The number of sulfone groups is 1. The van der Waals surface area contributed by atoms with E-state index in [0.717, 1.165) is 17.5 Å². The fraction of sp³-hybridized carbons (Fsp3) is 0.278. The summed E-state index contributed by atoms with van der Waals surface area (Å²) in [5, 5.41) is 0. The normalized spacial score (nSPS) is 18.0. The first-order valence-electron chi connectivity index (χ1n) is 7.39. The molecule has 0 spiro atoms. The largest absolute Gasteiger partial charge is 0.294 e. The Morgan fingerprint density at radius 2 is 1.73 bits per heavy atom. The van der Waals surface area contributed by atoms with Gasteiger partial charge in [0, 0.05) is 11.5 Å². The predicted octanol–water partition coefficient (Wildman–Crippen LogP) is 3.21. The molecule has 1 atom stereocenters. The molecule has 0 bridgehead atoms. The Balaban J connectivity index is 1.85. The number of Topliss-reactive ketones (excluding diaryl/α,β-unsaturated/α-hetero) is 1. The van der Waals surface area contributed by atoms with Crippen LogP contribution in [0.3, 0.4) is 0 Å². The van der Waals surface area contributed by atoms with Crippen LogP contribution in [-0.4, -0.2) is 20.0 Å². The van der Waals surface area contributed by atoms with Crippen molar-refractivity contribution in [2.45, 2.75) is 24.7 Å². The zero-order valence-electron chi connectivity index (χ0n) is 12.5. The Morgan fingerprint density at radius 1 is 1.05 bits per heavy atom. The topological polar surface area (TPSA) is 51.2 Å². The van der Waals surface area contributed by atoms with Gasteiger partial charge in [0.1, 0.15) is 0 Å². The van der Waals surface area contributed by atoms with Gasteiger partial charge < -0.3 is 0 Å². The summed E-state index contributed by atoms with van der Waals surface area (Å²) in [7, 11) is -3.43. The third kappa shape index (κ3) is 2.83. The lowest BCUT2D eigenvalue weighted by Gasteiger charge is -2.23. The van der Waals surface area contributed by atoms with Crippen molar-refractivity contribution in [1.82, 2.24) is 0 Å². The van der Waals surface area contributed by atoms with Crippen LogP contribution in [0.1, 0.15) is 27.9 Å². The monoisotopic (exact) mass is 314 g/mol. The highest BCUT2D eigenvalue weighted by Crippen LogP contribution is 2.28. The molecule has 0 saturated carbocycles. The second-order valence-electron chi connectivity index (χ2n) is 5.85. The maximum atomic E-state index is 12.5. The average Bonchev–Trinajstić information content (AvgIpc) is 2.51. The Labute approximate surface area is 130 Å². The molecule has 3 nitrogen and oxygen atoms in total. The van der Waals surface area contributed by atoms with Crippen molar-refractivity contribution in [3.8, 4) is 0 Å². The fourth-order valence-electron chi connectivity index (χ4n) is 2.93. The molecule has 0 N–H and O–H groups in total. The number of ketones is 1. The molecule has 2 aromatic rings. The smallest absolute Gasteiger partial charge is 0.179 e. The van der Waals surface area contributed by atoms with Crippen LogP contribution in [0.15, 0.2) is 53.4 Å². The molecule has 0 amide bonds. The van der Waals surface area contributed by atoms with E-state index in [1.165, 1.54) is 0 Å². The molecule has 0 fully saturated rings. The summed E-state index contributed by atoms with van der Waals surface area (Å²) in [6.45, 7) is 1.91. The second kappa shape index (κ2) is 5.69. The first kappa shape index (κ1) is 15.0. The molecule has 0 aromatic heterocycles. The number of fused-ring (bicyclic) bond motifs is 1. The van der Waals surface area contributed by atoms with Gasteiger partial charge in [-0.25, -0.2) is 8.42 Å². The molecule has 114 valence electrons. The summed E-state index contributed by atoms with van der Waals surface area (Å²) in [4.78, 5) is 12.8. The zero-order chi connectivity index (χ0) is 15.7. The van der Waals surface area contributed by atoms with Gasteiger partial charge in [0.05, 0.1) is 10.6 Å². The average molecular weight is 314 g/mol. The van der Waals surface area contributed by atoms with Crippen LogP contribution in [0, 0.1) is 12.8 Å². The van der Waals surface area contributed by atoms with Crippen LogP contribution in [0.5, 0.6) is 0 Å². The minimum atomic E-state index is -3.43. The lowest BCUT2D eigenvalue weighted by atomic mass is 9.84. The highest BCUT2D eigenvalue weighted by molar-refractivity contribution is 7.91. The van der Waals surface area contributed by atoms with Gasteiger partial charge in [-0.05, 0) is 37.5 Å². The van der Waals surface area contributed by atoms with Crippen molar-refractivity contribution in [3.63, 3.8) is 0 Å². The van der Waals surface area contributed by atoms with Crippen LogP contribution < -0.4 is 0 Å². The summed E-state index contributed by atoms with van der Waals surface area (Å²) in [6, 6.07) is 14.3. The van der Waals surface area contributed by atoms with Gasteiger partial charge in [-0.3, -0.25) is 4.79 Å². The van der Waals surface area contributed by atoms with Crippen molar-refractivity contribution in [2.75, 3.05) is 5.75 Å². The predicted molar refractivity (Wildman–Crippen MR) is 85.8 cm³/mol.